The van der Waals surface area contributed by atoms with E-state index in [4.69, 9.17) is 9.88 Å². The second-order valence-corrected chi connectivity index (χ2v) is 7.75. The van der Waals surface area contributed by atoms with E-state index in [-0.39, 0.29) is 22.7 Å². The summed E-state index contributed by atoms with van der Waals surface area (Å²) in [6.45, 7) is 1.20. The van der Waals surface area contributed by atoms with Crippen molar-refractivity contribution >= 4 is 27.4 Å². The molecule has 1 heterocycles. The van der Waals surface area contributed by atoms with E-state index < -0.39 is 25.8 Å². The number of carboxylic acids is 1. The van der Waals surface area contributed by atoms with Gasteiger partial charge in [0.05, 0.1) is 16.2 Å². The van der Waals surface area contributed by atoms with Crippen LogP contribution in [0.25, 0.3) is 0 Å². The molecule has 2 aromatic rings. The number of benzene rings is 2. The predicted octanol–water partition coefficient (Wildman–Crippen LogP) is 2.33. The molecule has 2 aromatic carbocycles. The van der Waals surface area contributed by atoms with Gasteiger partial charge in [0, 0.05) is 25.2 Å². The molecular weight excluding hydrogens is 390 g/mol. The summed E-state index contributed by atoms with van der Waals surface area (Å²) in [6.07, 6.45) is 1.72. The molecule has 1 saturated heterocycles. The fourth-order valence-electron chi connectivity index (χ4n) is 2.97. The van der Waals surface area contributed by atoms with Crippen molar-refractivity contribution in [3.63, 3.8) is 0 Å². The topological polar surface area (TPSA) is 153 Å². The van der Waals surface area contributed by atoms with Crippen molar-refractivity contribution < 1.29 is 28.0 Å². The van der Waals surface area contributed by atoms with E-state index in [0.717, 1.165) is 18.9 Å². The highest BCUT2D eigenvalue weighted by atomic mass is 32.2. The Balaban J connectivity index is 2.15. The number of carboxylic acid groups (broad SMARTS) is 1. The molecule has 0 radical (unpaired) electrons. The maximum absolute atomic E-state index is 12.1. The maximum atomic E-state index is 12.1. The molecule has 28 heavy (non-hydrogen) atoms. The van der Waals surface area contributed by atoms with Gasteiger partial charge in [-0.1, -0.05) is 0 Å². The Morgan fingerprint density at radius 2 is 1.79 bits per heavy atom. The second-order valence-electron chi connectivity index (χ2n) is 6.22. The van der Waals surface area contributed by atoms with Gasteiger partial charge in [-0.05, 0) is 37.1 Å². The number of sulfonamides is 1. The number of nitrogens with two attached hydrogens (primary N) is 1. The van der Waals surface area contributed by atoms with E-state index >= 15 is 0 Å². The summed E-state index contributed by atoms with van der Waals surface area (Å²) in [7, 11) is -4.31. The van der Waals surface area contributed by atoms with Crippen molar-refractivity contribution in [1.82, 2.24) is 0 Å². The van der Waals surface area contributed by atoms with Gasteiger partial charge < -0.3 is 14.7 Å². The first-order chi connectivity index (χ1) is 13.2. The van der Waals surface area contributed by atoms with E-state index in [2.05, 4.69) is 0 Å². The summed E-state index contributed by atoms with van der Waals surface area (Å²) in [4.78, 5) is 23.0. The van der Waals surface area contributed by atoms with E-state index in [1.54, 1.807) is 0 Å². The molecule has 148 valence electrons. The fraction of sp³-hybridized carbons (Fsp3) is 0.235. The molecule has 0 unspecified atom stereocenters. The molecule has 0 aliphatic carbocycles. The van der Waals surface area contributed by atoms with E-state index in [1.165, 1.54) is 30.3 Å². The number of hydrogen-bond acceptors (Lipinski definition) is 7. The van der Waals surface area contributed by atoms with Gasteiger partial charge in [-0.15, -0.1) is 0 Å². The number of aromatic carboxylic acids is 1. The van der Waals surface area contributed by atoms with Crippen molar-refractivity contribution in [2.75, 3.05) is 18.0 Å². The molecule has 0 bridgehead atoms. The minimum atomic E-state index is -4.31. The number of rotatable bonds is 6. The zero-order valence-corrected chi connectivity index (χ0v) is 15.4. The first-order valence-corrected chi connectivity index (χ1v) is 9.83. The smallest absolute Gasteiger partial charge is 0.335 e. The number of carbonyl (C=O) groups is 1. The monoisotopic (exact) mass is 407 g/mol. The molecule has 0 spiro atoms. The lowest BCUT2D eigenvalue weighted by molar-refractivity contribution is -0.384. The van der Waals surface area contributed by atoms with Gasteiger partial charge in [0.25, 0.3) is 5.69 Å². The highest BCUT2D eigenvalue weighted by molar-refractivity contribution is 7.89. The molecule has 1 aliphatic rings. The Bertz CT molecular complexity index is 1030. The minimum absolute atomic E-state index is 0.108. The zero-order valence-electron chi connectivity index (χ0n) is 14.6. The largest absolute Gasteiger partial charge is 0.478 e. The van der Waals surface area contributed by atoms with Gasteiger partial charge in [-0.3, -0.25) is 10.1 Å². The van der Waals surface area contributed by atoms with Gasteiger partial charge in [0.1, 0.15) is 10.6 Å². The normalized spacial score (nSPS) is 14.1. The first-order valence-electron chi connectivity index (χ1n) is 8.28. The minimum Gasteiger partial charge on any atom is -0.478 e. The molecule has 11 heteroatoms. The summed E-state index contributed by atoms with van der Waals surface area (Å²) in [6, 6.07) is 7.36. The third kappa shape index (κ3) is 4.05. The maximum Gasteiger partial charge on any atom is 0.335 e. The number of anilines is 1. The fourth-order valence-corrected chi connectivity index (χ4v) is 3.67. The lowest BCUT2D eigenvalue weighted by Gasteiger charge is -2.23. The summed E-state index contributed by atoms with van der Waals surface area (Å²) in [5, 5.41) is 25.4. The van der Waals surface area contributed by atoms with Crippen molar-refractivity contribution in [2.24, 2.45) is 5.14 Å². The van der Waals surface area contributed by atoms with Crippen LogP contribution in [0.5, 0.6) is 11.5 Å². The van der Waals surface area contributed by atoms with E-state index in [9.17, 15) is 28.4 Å². The quantitative estimate of drug-likeness (QED) is 0.546. The third-order valence-electron chi connectivity index (χ3n) is 4.30. The molecule has 3 rings (SSSR count). The van der Waals surface area contributed by atoms with Crippen LogP contribution in [0.2, 0.25) is 0 Å². The Hall–Kier alpha value is -3.18. The summed E-state index contributed by atoms with van der Waals surface area (Å²) < 4.78 is 30.0. The first kappa shape index (κ1) is 19.6. The number of nitrogens with zero attached hydrogens (tertiary/aromatic N) is 2. The summed E-state index contributed by atoms with van der Waals surface area (Å²) >= 11 is 0. The Labute approximate surface area is 160 Å². The number of nitro groups is 1. The third-order valence-corrected chi connectivity index (χ3v) is 5.22. The van der Waals surface area contributed by atoms with Crippen molar-refractivity contribution in [3.8, 4) is 11.5 Å². The summed E-state index contributed by atoms with van der Waals surface area (Å²) in [5.74, 6) is -1.26. The molecule has 0 saturated carbocycles. The molecular formula is C17H17N3O7S. The van der Waals surface area contributed by atoms with E-state index in [0.29, 0.717) is 18.8 Å². The van der Waals surface area contributed by atoms with Crippen molar-refractivity contribution in [2.45, 2.75) is 17.7 Å². The van der Waals surface area contributed by atoms with Crippen LogP contribution < -0.4 is 14.8 Å². The summed E-state index contributed by atoms with van der Waals surface area (Å²) in [5.41, 5.74) is -0.0956. The highest BCUT2D eigenvalue weighted by Gasteiger charge is 2.27. The van der Waals surface area contributed by atoms with Crippen LogP contribution in [-0.2, 0) is 10.0 Å². The molecule has 3 N–H and O–H groups in total. The number of ether oxygens (including phenoxy) is 1. The average Bonchev–Trinajstić information content (AvgIpc) is 3.15. The zero-order chi connectivity index (χ0) is 20.5. The number of hydrogen-bond donors (Lipinski definition) is 2. The Morgan fingerprint density at radius 3 is 2.29 bits per heavy atom. The van der Waals surface area contributed by atoms with Crippen LogP contribution in [0.4, 0.5) is 11.4 Å². The number of primary sulfonamides is 1. The van der Waals surface area contributed by atoms with Gasteiger partial charge in [0.2, 0.25) is 10.0 Å². The average molecular weight is 407 g/mol. The van der Waals surface area contributed by atoms with Crippen LogP contribution >= 0.6 is 0 Å². The van der Waals surface area contributed by atoms with Crippen molar-refractivity contribution in [1.29, 1.82) is 0 Å². The lowest BCUT2D eigenvalue weighted by atomic mass is 10.1. The van der Waals surface area contributed by atoms with Crippen LogP contribution in [0.15, 0.2) is 41.3 Å². The molecule has 10 nitrogen and oxygen atoms in total. The molecule has 1 fully saturated rings. The lowest BCUT2D eigenvalue weighted by Crippen LogP contribution is -2.21. The van der Waals surface area contributed by atoms with Crippen LogP contribution in [0.1, 0.15) is 23.2 Å². The van der Waals surface area contributed by atoms with Gasteiger partial charge in [-0.2, -0.15) is 0 Å². The SMILES string of the molecule is NS(=O)(=O)c1cc(C(=O)O)cc(N2CCCC2)c1Oc1ccc([N+](=O)[O-])cc1. The van der Waals surface area contributed by atoms with Gasteiger partial charge in [-0.25, -0.2) is 18.4 Å². The standard InChI is InChI=1S/C17H17N3O7S/c18-28(25,26)15-10-11(17(21)22)9-14(19-7-1-2-8-19)16(15)27-13-5-3-12(4-6-13)20(23)24/h3-6,9-10H,1-2,7-8H2,(H,21,22)(H2,18,25,26). The van der Waals surface area contributed by atoms with Crippen LogP contribution in [0, 0.1) is 10.1 Å². The van der Waals surface area contributed by atoms with Crippen LogP contribution in [-0.4, -0.2) is 37.5 Å². The molecule has 1 aliphatic heterocycles. The van der Waals surface area contributed by atoms with Crippen molar-refractivity contribution in [3.05, 3.63) is 52.1 Å². The van der Waals surface area contributed by atoms with Gasteiger partial charge >= 0.3 is 5.97 Å². The van der Waals surface area contributed by atoms with Crippen LogP contribution in [0.3, 0.4) is 0 Å². The Kier molecular flexibility index (Phi) is 5.21. The van der Waals surface area contributed by atoms with Gasteiger partial charge in [0.15, 0.2) is 5.75 Å². The highest BCUT2D eigenvalue weighted by Crippen LogP contribution is 2.40. The Morgan fingerprint density at radius 1 is 1.18 bits per heavy atom. The van der Waals surface area contributed by atoms with E-state index in [1.807, 2.05) is 4.90 Å². The number of nitro benzene ring substituents is 1. The molecule has 0 amide bonds. The molecule has 0 atom stereocenters. The number of non-ortho nitro benzene ring substituents is 1. The predicted molar refractivity (Wildman–Crippen MR) is 99.4 cm³/mol. The second kappa shape index (κ2) is 7.44. The molecule has 0 aromatic heterocycles.